The summed E-state index contributed by atoms with van der Waals surface area (Å²) < 4.78 is 17.0. The molecule has 0 atom stereocenters. The van der Waals surface area contributed by atoms with Crippen LogP contribution in [0.4, 0.5) is 5.69 Å². The fraction of sp³-hybridized carbons (Fsp3) is 0. The third-order valence-electron chi connectivity index (χ3n) is 7.03. The van der Waals surface area contributed by atoms with E-state index in [1.54, 1.807) is 30.3 Å². The molecular weight excluding hydrogens is 534 g/mol. The predicted molar refractivity (Wildman–Crippen MR) is 155 cm³/mol. The number of hydrogen-bond donors (Lipinski definition) is 0. The third kappa shape index (κ3) is 4.28. The normalized spacial score (nSPS) is 12.5. The monoisotopic (exact) mass is 553 g/mol. The number of ether oxygens (including phenoxy) is 2. The molecule has 0 fully saturated rings. The van der Waals surface area contributed by atoms with Crippen molar-refractivity contribution in [2.75, 3.05) is 4.90 Å². The van der Waals surface area contributed by atoms with Crippen LogP contribution in [0.1, 0.15) is 31.1 Å². The molecule has 1 aliphatic rings. The first kappa shape index (κ1) is 25.0. The Morgan fingerprint density at radius 1 is 0.667 bits per heavy atom. The molecule has 1 aromatic heterocycles. The van der Waals surface area contributed by atoms with Gasteiger partial charge in [0.2, 0.25) is 11.2 Å². The summed E-state index contributed by atoms with van der Waals surface area (Å²) in [6.45, 7) is 0. The maximum Gasteiger partial charge on any atom is 0.343 e. The van der Waals surface area contributed by atoms with Gasteiger partial charge in [-0.3, -0.25) is 14.4 Å². The van der Waals surface area contributed by atoms with Crippen molar-refractivity contribution in [2.45, 2.75) is 0 Å². The molecule has 202 valence electrons. The van der Waals surface area contributed by atoms with E-state index in [1.165, 1.54) is 48.7 Å². The topological polar surface area (TPSA) is 103 Å². The van der Waals surface area contributed by atoms with Crippen molar-refractivity contribution in [3.63, 3.8) is 0 Å². The zero-order valence-corrected chi connectivity index (χ0v) is 21.8. The summed E-state index contributed by atoms with van der Waals surface area (Å²) in [6, 6.07) is 30.3. The van der Waals surface area contributed by atoms with Crippen LogP contribution in [0.5, 0.6) is 17.2 Å². The minimum atomic E-state index is -0.665. The summed E-state index contributed by atoms with van der Waals surface area (Å²) in [4.78, 5) is 52.4. The van der Waals surface area contributed by atoms with Gasteiger partial charge in [0.1, 0.15) is 23.3 Å². The van der Waals surface area contributed by atoms with Crippen LogP contribution >= 0.6 is 0 Å². The van der Waals surface area contributed by atoms with Crippen molar-refractivity contribution < 1.29 is 28.3 Å². The number of anilines is 1. The van der Waals surface area contributed by atoms with E-state index in [2.05, 4.69) is 0 Å². The number of benzene rings is 5. The smallest absolute Gasteiger partial charge is 0.343 e. The molecule has 0 radical (unpaired) electrons. The van der Waals surface area contributed by atoms with Crippen molar-refractivity contribution >= 4 is 45.2 Å². The van der Waals surface area contributed by atoms with E-state index in [-0.39, 0.29) is 33.5 Å². The van der Waals surface area contributed by atoms with E-state index in [4.69, 9.17) is 13.9 Å². The van der Waals surface area contributed by atoms with E-state index < -0.39 is 17.8 Å². The van der Waals surface area contributed by atoms with Gasteiger partial charge in [-0.1, -0.05) is 42.5 Å². The number of rotatable bonds is 5. The molecule has 0 N–H and O–H groups in total. The molecule has 0 bridgehead atoms. The molecule has 42 heavy (non-hydrogen) atoms. The Labute approximate surface area is 237 Å². The zero-order chi connectivity index (χ0) is 28.8. The summed E-state index contributed by atoms with van der Waals surface area (Å²) in [5.74, 6) is -0.811. The minimum absolute atomic E-state index is 0.0284. The maximum absolute atomic E-state index is 13.1. The van der Waals surface area contributed by atoms with E-state index in [0.717, 1.165) is 15.7 Å². The highest BCUT2D eigenvalue weighted by Gasteiger charge is 2.36. The lowest BCUT2D eigenvalue weighted by Gasteiger charge is -2.14. The Morgan fingerprint density at radius 2 is 1.33 bits per heavy atom. The first-order valence-corrected chi connectivity index (χ1v) is 13.0. The van der Waals surface area contributed by atoms with Crippen LogP contribution in [-0.4, -0.2) is 17.8 Å². The lowest BCUT2D eigenvalue weighted by Crippen LogP contribution is -2.29. The Hall–Kier alpha value is -6.02. The predicted octanol–water partition coefficient (Wildman–Crippen LogP) is 6.76. The van der Waals surface area contributed by atoms with Crippen molar-refractivity contribution in [2.24, 2.45) is 0 Å². The number of carbonyl (C=O) groups is 3. The van der Waals surface area contributed by atoms with E-state index in [0.29, 0.717) is 22.6 Å². The average Bonchev–Trinajstić information content (AvgIpc) is 3.28. The molecule has 0 aliphatic carbocycles. The lowest BCUT2D eigenvalue weighted by molar-refractivity contribution is 0.0734. The van der Waals surface area contributed by atoms with Gasteiger partial charge >= 0.3 is 5.97 Å². The Morgan fingerprint density at radius 3 is 2.07 bits per heavy atom. The molecule has 7 rings (SSSR count). The Bertz CT molecular complexity index is 2090. The molecule has 0 saturated heterocycles. The highest BCUT2D eigenvalue weighted by atomic mass is 16.5. The van der Waals surface area contributed by atoms with Crippen LogP contribution in [0.2, 0.25) is 0 Å². The van der Waals surface area contributed by atoms with Gasteiger partial charge in [0.15, 0.2) is 0 Å². The van der Waals surface area contributed by atoms with Gasteiger partial charge in [-0.2, -0.15) is 0 Å². The maximum atomic E-state index is 13.1. The van der Waals surface area contributed by atoms with Gasteiger partial charge in [-0.25, -0.2) is 9.69 Å². The lowest BCUT2D eigenvalue weighted by atomic mass is 10.1. The summed E-state index contributed by atoms with van der Waals surface area (Å²) in [7, 11) is 0. The molecular formula is C34H19NO7. The SMILES string of the molecule is O=C(Oc1ccc2c(=O)c(Oc3ccc4ccccc4c3)coc2c1)c1ccc(N2C(=O)c3ccccc3C2=O)cc1. The summed E-state index contributed by atoms with van der Waals surface area (Å²) >= 11 is 0. The standard InChI is InChI=1S/C34H19NO7/c36-31-28-16-15-25(18-29(28)40-19-30(31)41-24-14-11-20-5-1-2-6-22(20)17-24)42-34(39)21-9-12-23(13-10-21)35-32(37)26-7-3-4-8-27(26)33(35)38/h1-19H. The van der Waals surface area contributed by atoms with Crippen molar-refractivity contribution in [1.82, 2.24) is 0 Å². The highest BCUT2D eigenvalue weighted by molar-refractivity contribution is 6.34. The fourth-order valence-corrected chi connectivity index (χ4v) is 4.92. The fourth-order valence-electron chi connectivity index (χ4n) is 4.92. The average molecular weight is 554 g/mol. The molecule has 5 aromatic carbocycles. The second kappa shape index (κ2) is 9.87. The molecule has 0 saturated carbocycles. The molecule has 0 spiro atoms. The van der Waals surface area contributed by atoms with E-state index in [1.807, 2.05) is 36.4 Å². The van der Waals surface area contributed by atoms with E-state index in [9.17, 15) is 19.2 Å². The molecule has 1 aliphatic heterocycles. The van der Waals surface area contributed by atoms with Crippen LogP contribution in [-0.2, 0) is 0 Å². The van der Waals surface area contributed by atoms with Crippen molar-refractivity contribution in [3.8, 4) is 17.2 Å². The van der Waals surface area contributed by atoms with Crippen LogP contribution in [0.25, 0.3) is 21.7 Å². The van der Waals surface area contributed by atoms with Crippen LogP contribution in [0.15, 0.2) is 125 Å². The quantitative estimate of drug-likeness (QED) is 0.132. The van der Waals surface area contributed by atoms with Gasteiger partial charge in [0.25, 0.3) is 11.8 Å². The van der Waals surface area contributed by atoms with Crippen LogP contribution in [0, 0.1) is 0 Å². The summed E-state index contributed by atoms with van der Waals surface area (Å²) in [5, 5.41) is 2.29. The second-order valence-corrected chi connectivity index (χ2v) is 9.63. The number of amides is 2. The highest BCUT2D eigenvalue weighted by Crippen LogP contribution is 2.30. The van der Waals surface area contributed by atoms with Gasteiger partial charge in [0.05, 0.1) is 27.8 Å². The number of fused-ring (bicyclic) bond motifs is 3. The first-order valence-electron chi connectivity index (χ1n) is 13.0. The van der Waals surface area contributed by atoms with Crippen molar-refractivity contribution in [1.29, 1.82) is 0 Å². The third-order valence-corrected chi connectivity index (χ3v) is 7.03. The summed E-state index contributed by atoms with van der Waals surface area (Å²) in [5.41, 5.74) is 1.06. The molecule has 8 heteroatoms. The zero-order valence-electron chi connectivity index (χ0n) is 21.8. The van der Waals surface area contributed by atoms with Crippen LogP contribution < -0.4 is 19.8 Å². The largest absolute Gasteiger partial charge is 0.460 e. The molecule has 6 aromatic rings. The number of carbonyl (C=O) groups excluding carboxylic acids is 3. The molecule has 0 unspecified atom stereocenters. The molecule has 2 heterocycles. The van der Waals surface area contributed by atoms with Gasteiger partial charge in [-0.05, 0) is 71.4 Å². The first-order chi connectivity index (χ1) is 20.5. The summed E-state index contributed by atoms with van der Waals surface area (Å²) in [6.07, 6.45) is 1.23. The second-order valence-electron chi connectivity index (χ2n) is 9.63. The minimum Gasteiger partial charge on any atom is -0.460 e. The van der Waals surface area contributed by atoms with E-state index >= 15 is 0 Å². The molecule has 2 amide bonds. The van der Waals surface area contributed by atoms with Crippen molar-refractivity contribution in [3.05, 3.63) is 142 Å². The van der Waals surface area contributed by atoms with Gasteiger partial charge in [0, 0.05) is 6.07 Å². The van der Waals surface area contributed by atoms with Gasteiger partial charge < -0.3 is 13.9 Å². The number of imide groups is 1. The molecule has 8 nitrogen and oxygen atoms in total. The number of nitrogens with zero attached hydrogens (tertiary/aromatic N) is 1. The van der Waals surface area contributed by atoms with Gasteiger partial charge in [-0.15, -0.1) is 0 Å². The Kier molecular flexibility index (Phi) is 5.87. The number of esters is 1. The number of hydrogen-bond acceptors (Lipinski definition) is 7. The Balaban J connectivity index is 1.08. The van der Waals surface area contributed by atoms with Crippen LogP contribution in [0.3, 0.4) is 0 Å².